The first kappa shape index (κ1) is 19.9. The first-order chi connectivity index (χ1) is 13.8. The van der Waals surface area contributed by atoms with Crippen LogP contribution in [-0.2, 0) is 6.54 Å². The summed E-state index contributed by atoms with van der Waals surface area (Å²) in [5, 5.41) is 12.6. The lowest BCUT2D eigenvalue weighted by atomic mass is 10.1. The highest BCUT2D eigenvalue weighted by Crippen LogP contribution is 2.23. The summed E-state index contributed by atoms with van der Waals surface area (Å²) < 4.78 is 0. The first-order valence-corrected chi connectivity index (χ1v) is 10.1. The fourth-order valence-corrected chi connectivity index (χ4v) is 3.33. The predicted octanol–water partition coefficient (Wildman–Crippen LogP) is 5.75. The van der Waals surface area contributed by atoms with Crippen molar-refractivity contribution < 1.29 is 0 Å². The number of benzene rings is 2. The molecule has 3 rings (SSSR count). The molecule has 1 heterocycles. The summed E-state index contributed by atoms with van der Waals surface area (Å²) in [5.41, 5.74) is 3.98. The van der Waals surface area contributed by atoms with Crippen molar-refractivity contribution in [2.24, 2.45) is 0 Å². The molecule has 4 heteroatoms. The lowest BCUT2D eigenvalue weighted by Gasteiger charge is -2.17. The quantitative estimate of drug-likeness (QED) is 0.445. The van der Waals surface area contributed by atoms with Crippen molar-refractivity contribution in [3.05, 3.63) is 77.7 Å². The number of nitrogens with one attached hydrogen (secondary N) is 2. The summed E-state index contributed by atoms with van der Waals surface area (Å²) in [7, 11) is 0. The van der Waals surface area contributed by atoms with Gasteiger partial charge in [-0.05, 0) is 29.7 Å². The topological polar surface area (TPSA) is 64.5 Å². The summed E-state index contributed by atoms with van der Waals surface area (Å²) in [6, 6.07) is 20.4. The first-order valence-electron chi connectivity index (χ1n) is 10.1. The smallest absolute Gasteiger partial charge is 0.123 e. The molecule has 2 N–H and O–H groups in total. The Morgan fingerprint density at radius 3 is 2.54 bits per heavy atom. The molecule has 0 aliphatic heterocycles. The summed E-state index contributed by atoms with van der Waals surface area (Å²) in [4.78, 5) is 8.15. The van der Waals surface area contributed by atoms with Crippen LogP contribution in [0.4, 0.5) is 0 Å². The molecule has 144 valence electrons. The predicted molar refractivity (Wildman–Crippen MR) is 114 cm³/mol. The molecule has 0 aliphatic carbocycles. The minimum atomic E-state index is 0.198. The van der Waals surface area contributed by atoms with E-state index >= 15 is 0 Å². The minimum Gasteiger partial charge on any atom is -0.341 e. The molecule has 0 unspecified atom stereocenters. The van der Waals surface area contributed by atoms with Crippen LogP contribution in [0.3, 0.4) is 0 Å². The zero-order chi connectivity index (χ0) is 19.6. The standard InChI is InChI=1S/C24H28N4/c1-2-3-4-8-11-22(26-17-20-9-6-5-7-10-20)24-27-18-23(28-24)21-14-12-19(16-25)13-15-21/h5-7,9-10,12-15,18,22,26H,2-4,8,11,17H2,1H3,(H,27,28)/t22-/m1/s1. The molecule has 1 aromatic heterocycles. The molecule has 3 aromatic rings. The molecular formula is C24H28N4. The number of aromatic amines is 1. The molecule has 2 aromatic carbocycles. The van der Waals surface area contributed by atoms with Crippen LogP contribution in [0.5, 0.6) is 0 Å². The Labute approximate surface area is 167 Å². The van der Waals surface area contributed by atoms with Gasteiger partial charge in [0.05, 0.1) is 29.6 Å². The number of hydrogen-bond acceptors (Lipinski definition) is 3. The molecule has 0 amide bonds. The van der Waals surface area contributed by atoms with Gasteiger partial charge in [0.2, 0.25) is 0 Å². The van der Waals surface area contributed by atoms with E-state index in [1.54, 1.807) is 0 Å². The molecule has 4 nitrogen and oxygen atoms in total. The molecule has 0 saturated heterocycles. The Bertz CT molecular complexity index is 875. The van der Waals surface area contributed by atoms with E-state index < -0.39 is 0 Å². The third-order valence-electron chi connectivity index (χ3n) is 4.99. The van der Waals surface area contributed by atoms with E-state index in [9.17, 15) is 0 Å². The van der Waals surface area contributed by atoms with Crippen LogP contribution in [0, 0.1) is 11.3 Å². The highest BCUT2D eigenvalue weighted by atomic mass is 15.0. The van der Waals surface area contributed by atoms with Crippen LogP contribution in [0.1, 0.15) is 62.0 Å². The largest absolute Gasteiger partial charge is 0.341 e. The van der Waals surface area contributed by atoms with Gasteiger partial charge in [-0.15, -0.1) is 0 Å². The number of nitrogens with zero attached hydrogens (tertiary/aromatic N) is 2. The lowest BCUT2D eigenvalue weighted by molar-refractivity contribution is 0.453. The van der Waals surface area contributed by atoms with E-state index in [0.29, 0.717) is 5.56 Å². The van der Waals surface area contributed by atoms with Gasteiger partial charge in [0, 0.05) is 6.54 Å². The number of rotatable bonds is 10. The third kappa shape index (κ3) is 5.55. The van der Waals surface area contributed by atoms with Crippen molar-refractivity contribution in [1.29, 1.82) is 5.26 Å². The van der Waals surface area contributed by atoms with E-state index in [4.69, 9.17) is 5.26 Å². The average molecular weight is 373 g/mol. The molecule has 0 aliphatic rings. The SMILES string of the molecule is CCCCCC[C@@H](NCc1ccccc1)c1ncc(-c2ccc(C#N)cc2)[nH]1. The second-order valence-corrected chi connectivity index (χ2v) is 7.14. The van der Waals surface area contributed by atoms with Crippen LogP contribution >= 0.6 is 0 Å². The summed E-state index contributed by atoms with van der Waals surface area (Å²) >= 11 is 0. The molecule has 0 saturated carbocycles. The van der Waals surface area contributed by atoms with Crippen molar-refractivity contribution in [2.75, 3.05) is 0 Å². The van der Waals surface area contributed by atoms with Gasteiger partial charge in [-0.3, -0.25) is 0 Å². The van der Waals surface area contributed by atoms with Crippen LogP contribution < -0.4 is 5.32 Å². The van der Waals surface area contributed by atoms with E-state index in [0.717, 1.165) is 30.0 Å². The summed E-state index contributed by atoms with van der Waals surface area (Å²) in [6.07, 6.45) is 7.91. The maximum absolute atomic E-state index is 8.97. The zero-order valence-corrected chi connectivity index (χ0v) is 16.5. The zero-order valence-electron chi connectivity index (χ0n) is 16.5. The maximum atomic E-state index is 8.97. The van der Waals surface area contributed by atoms with Gasteiger partial charge >= 0.3 is 0 Å². The Morgan fingerprint density at radius 1 is 1.04 bits per heavy atom. The van der Waals surface area contributed by atoms with Crippen LogP contribution in [-0.4, -0.2) is 9.97 Å². The number of aromatic nitrogens is 2. The Kier molecular flexibility index (Phi) is 7.40. The second-order valence-electron chi connectivity index (χ2n) is 7.14. The van der Waals surface area contributed by atoms with Gasteiger partial charge in [0.25, 0.3) is 0 Å². The van der Waals surface area contributed by atoms with E-state index in [1.807, 2.05) is 36.5 Å². The van der Waals surface area contributed by atoms with Gasteiger partial charge in [0.1, 0.15) is 5.82 Å². The van der Waals surface area contributed by atoms with Gasteiger partial charge in [-0.2, -0.15) is 5.26 Å². The Morgan fingerprint density at radius 2 is 1.82 bits per heavy atom. The average Bonchev–Trinajstić information content (AvgIpc) is 3.24. The van der Waals surface area contributed by atoms with Gasteiger partial charge in [-0.1, -0.05) is 75.1 Å². The number of hydrogen-bond donors (Lipinski definition) is 2. The van der Waals surface area contributed by atoms with Gasteiger partial charge < -0.3 is 10.3 Å². The minimum absolute atomic E-state index is 0.198. The lowest BCUT2D eigenvalue weighted by Crippen LogP contribution is -2.22. The Hall–Kier alpha value is -2.90. The summed E-state index contributed by atoms with van der Waals surface area (Å²) in [5.74, 6) is 0.979. The number of imidazole rings is 1. The number of H-pyrrole nitrogens is 1. The normalized spacial score (nSPS) is 11.9. The number of nitriles is 1. The number of unbranched alkanes of at least 4 members (excludes halogenated alkanes) is 3. The highest BCUT2D eigenvalue weighted by Gasteiger charge is 2.15. The molecule has 0 radical (unpaired) electrons. The highest BCUT2D eigenvalue weighted by molar-refractivity contribution is 5.59. The third-order valence-corrected chi connectivity index (χ3v) is 4.99. The van der Waals surface area contributed by atoms with Gasteiger partial charge in [0.15, 0.2) is 0 Å². The fraction of sp³-hybridized carbons (Fsp3) is 0.333. The van der Waals surface area contributed by atoms with E-state index in [2.05, 4.69) is 52.5 Å². The molecule has 28 heavy (non-hydrogen) atoms. The maximum Gasteiger partial charge on any atom is 0.123 e. The van der Waals surface area contributed by atoms with Crippen LogP contribution in [0.2, 0.25) is 0 Å². The van der Waals surface area contributed by atoms with Crippen molar-refractivity contribution in [1.82, 2.24) is 15.3 Å². The second kappa shape index (κ2) is 10.4. The summed E-state index contributed by atoms with van der Waals surface area (Å²) in [6.45, 7) is 3.06. The molecule has 1 atom stereocenters. The van der Waals surface area contributed by atoms with Crippen molar-refractivity contribution in [3.63, 3.8) is 0 Å². The van der Waals surface area contributed by atoms with Crippen LogP contribution in [0.15, 0.2) is 60.8 Å². The van der Waals surface area contributed by atoms with Crippen molar-refractivity contribution in [2.45, 2.75) is 51.6 Å². The Balaban J connectivity index is 1.71. The molecule has 0 spiro atoms. The monoisotopic (exact) mass is 372 g/mol. The van der Waals surface area contributed by atoms with E-state index in [1.165, 1.54) is 31.2 Å². The van der Waals surface area contributed by atoms with Crippen molar-refractivity contribution in [3.8, 4) is 17.3 Å². The molecule has 0 bridgehead atoms. The fourth-order valence-electron chi connectivity index (χ4n) is 3.33. The van der Waals surface area contributed by atoms with Crippen molar-refractivity contribution >= 4 is 0 Å². The molecular weight excluding hydrogens is 344 g/mol. The van der Waals surface area contributed by atoms with E-state index in [-0.39, 0.29) is 6.04 Å². The molecule has 0 fully saturated rings. The van der Waals surface area contributed by atoms with Crippen LogP contribution in [0.25, 0.3) is 11.3 Å². The van der Waals surface area contributed by atoms with Gasteiger partial charge in [-0.25, -0.2) is 4.98 Å².